The number of rotatable bonds is 7. The van der Waals surface area contributed by atoms with E-state index < -0.39 is 9.84 Å². The fourth-order valence-electron chi connectivity index (χ4n) is 1.44. The maximum absolute atomic E-state index is 10.9. The largest absolute Gasteiger partial charge is 0.493 e. The van der Waals surface area contributed by atoms with E-state index in [0.29, 0.717) is 17.9 Å². The molecule has 0 atom stereocenters. The Morgan fingerprint density at radius 2 is 1.95 bits per heavy atom. The number of hydrogen-bond acceptors (Lipinski definition) is 5. The molecule has 0 unspecified atom stereocenters. The molecule has 106 valence electrons. The van der Waals surface area contributed by atoms with Crippen molar-refractivity contribution in [3.63, 3.8) is 0 Å². The molecule has 0 aliphatic heterocycles. The van der Waals surface area contributed by atoms with E-state index in [-0.39, 0.29) is 12.4 Å². The van der Waals surface area contributed by atoms with Gasteiger partial charge in [-0.15, -0.1) is 0 Å². The van der Waals surface area contributed by atoms with E-state index in [1.54, 1.807) is 6.92 Å². The monoisotopic (exact) mass is 285 g/mol. The number of aryl methyl sites for hydroxylation is 1. The van der Waals surface area contributed by atoms with Crippen molar-refractivity contribution in [3.05, 3.63) is 29.8 Å². The van der Waals surface area contributed by atoms with Crippen LogP contribution in [0.4, 0.5) is 0 Å². The summed E-state index contributed by atoms with van der Waals surface area (Å²) in [6.07, 6.45) is 2.68. The Labute approximate surface area is 113 Å². The third-order valence-electron chi connectivity index (χ3n) is 2.59. The molecule has 1 rings (SSSR count). The highest BCUT2D eigenvalue weighted by molar-refractivity contribution is 7.90. The topological polar surface area (TPSA) is 76.0 Å². The molecule has 0 heterocycles. The van der Waals surface area contributed by atoms with Crippen molar-refractivity contribution in [1.82, 2.24) is 0 Å². The van der Waals surface area contributed by atoms with Crippen LogP contribution in [0.25, 0.3) is 0 Å². The third-order valence-corrected chi connectivity index (χ3v) is 3.50. The first-order valence-electron chi connectivity index (χ1n) is 5.98. The van der Waals surface area contributed by atoms with E-state index in [1.165, 1.54) is 6.26 Å². The van der Waals surface area contributed by atoms with Crippen molar-refractivity contribution in [2.45, 2.75) is 19.8 Å². The average Bonchev–Trinajstić information content (AvgIpc) is 2.36. The van der Waals surface area contributed by atoms with Gasteiger partial charge in [0.15, 0.2) is 9.84 Å². The van der Waals surface area contributed by atoms with Crippen LogP contribution in [0, 0.1) is 0 Å². The molecule has 1 aromatic carbocycles. The van der Waals surface area contributed by atoms with Gasteiger partial charge in [-0.05, 0) is 37.5 Å². The summed E-state index contributed by atoms with van der Waals surface area (Å²) in [6.45, 7) is 1.93. The van der Waals surface area contributed by atoms with Gasteiger partial charge in [-0.3, -0.25) is 0 Å². The lowest BCUT2D eigenvalue weighted by Crippen LogP contribution is -2.11. The van der Waals surface area contributed by atoms with Crippen LogP contribution < -0.4 is 4.74 Å². The van der Waals surface area contributed by atoms with Crippen molar-refractivity contribution in [1.29, 1.82) is 0 Å². The summed E-state index contributed by atoms with van der Waals surface area (Å²) in [6, 6.07) is 7.45. The lowest BCUT2D eigenvalue weighted by atomic mass is 10.1. The molecule has 1 aromatic rings. The summed E-state index contributed by atoms with van der Waals surface area (Å²) in [7, 11) is -2.99. The second-order valence-electron chi connectivity index (χ2n) is 4.46. The quantitative estimate of drug-likeness (QED) is 0.471. The van der Waals surface area contributed by atoms with Gasteiger partial charge in [0.05, 0.1) is 11.5 Å². The Morgan fingerprint density at radius 1 is 1.32 bits per heavy atom. The fourth-order valence-corrected chi connectivity index (χ4v) is 1.82. The van der Waals surface area contributed by atoms with Gasteiger partial charge in [-0.2, -0.15) is 0 Å². The molecule has 0 amide bonds. The molecule has 0 fully saturated rings. The normalized spacial score (nSPS) is 12.4. The highest BCUT2D eigenvalue weighted by atomic mass is 32.2. The Morgan fingerprint density at radius 3 is 2.47 bits per heavy atom. The molecule has 0 aliphatic carbocycles. The maximum atomic E-state index is 10.9. The molecule has 1 N–H and O–H groups in total. The van der Waals surface area contributed by atoms with Crippen molar-refractivity contribution >= 4 is 15.5 Å². The number of hydrogen-bond donors (Lipinski definition) is 1. The summed E-state index contributed by atoms with van der Waals surface area (Å²) < 4.78 is 27.2. The molecule has 0 bridgehead atoms. The van der Waals surface area contributed by atoms with Crippen LogP contribution in [-0.2, 0) is 16.3 Å². The van der Waals surface area contributed by atoms with E-state index in [9.17, 15) is 8.42 Å². The van der Waals surface area contributed by atoms with Crippen LogP contribution in [0.2, 0.25) is 0 Å². The first-order chi connectivity index (χ1) is 8.90. The molecular weight excluding hydrogens is 266 g/mol. The van der Waals surface area contributed by atoms with Gasteiger partial charge in [0.2, 0.25) is 0 Å². The van der Waals surface area contributed by atoms with Gasteiger partial charge < -0.3 is 9.94 Å². The number of nitrogens with zero attached hydrogens (tertiary/aromatic N) is 1. The molecular formula is C13H19NO4S. The van der Waals surface area contributed by atoms with Crippen LogP contribution in [0.1, 0.15) is 18.9 Å². The van der Waals surface area contributed by atoms with Crippen LogP contribution >= 0.6 is 0 Å². The van der Waals surface area contributed by atoms with Crippen molar-refractivity contribution < 1.29 is 18.4 Å². The van der Waals surface area contributed by atoms with Crippen molar-refractivity contribution in [3.8, 4) is 5.75 Å². The summed E-state index contributed by atoms with van der Waals surface area (Å²) >= 11 is 0. The fraction of sp³-hybridized carbons (Fsp3) is 0.462. The minimum Gasteiger partial charge on any atom is -0.493 e. The zero-order valence-corrected chi connectivity index (χ0v) is 12.0. The standard InChI is InChI=1S/C13H19NO4S/c1-11(14-15)3-4-12-5-7-13(8-6-12)18-9-10-19(2,16)17/h5-8,15H,3-4,9-10H2,1-2H3/b14-11+. The molecule has 0 radical (unpaired) electrons. The molecule has 6 heteroatoms. The summed E-state index contributed by atoms with van der Waals surface area (Å²) in [5, 5.41) is 11.7. The summed E-state index contributed by atoms with van der Waals surface area (Å²) in [5.41, 5.74) is 1.80. The third kappa shape index (κ3) is 6.81. The predicted octanol–water partition coefficient (Wildman–Crippen LogP) is 1.89. The highest BCUT2D eigenvalue weighted by Crippen LogP contribution is 2.13. The molecule has 0 saturated carbocycles. The molecule has 0 spiro atoms. The van der Waals surface area contributed by atoms with Gasteiger partial charge in [0, 0.05) is 6.26 Å². The predicted molar refractivity (Wildman–Crippen MR) is 74.9 cm³/mol. The van der Waals surface area contributed by atoms with Crippen LogP contribution in [0.3, 0.4) is 0 Å². The Kier molecular flexibility index (Phi) is 5.82. The Hall–Kier alpha value is -1.56. The van der Waals surface area contributed by atoms with Crippen LogP contribution in [-0.4, -0.2) is 38.0 Å². The minimum atomic E-state index is -2.99. The first kappa shape index (κ1) is 15.5. The minimum absolute atomic E-state index is 0.0148. The first-order valence-corrected chi connectivity index (χ1v) is 8.04. The van der Waals surface area contributed by atoms with Gasteiger partial charge in [-0.1, -0.05) is 17.3 Å². The second-order valence-corrected chi connectivity index (χ2v) is 6.72. The highest BCUT2D eigenvalue weighted by Gasteiger charge is 2.03. The number of oxime groups is 1. The Balaban J connectivity index is 2.43. The van der Waals surface area contributed by atoms with Gasteiger partial charge in [-0.25, -0.2) is 8.42 Å². The molecule has 19 heavy (non-hydrogen) atoms. The van der Waals surface area contributed by atoms with E-state index >= 15 is 0 Å². The summed E-state index contributed by atoms with van der Waals surface area (Å²) in [4.78, 5) is 0. The molecule has 0 aliphatic rings. The molecule has 5 nitrogen and oxygen atoms in total. The zero-order chi connectivity index (χ0) is 14.3. The maximum Gasteiger partial charge on any atom is 0.150 e. The van der Waals surface area contributed by atoms with Crippen LogP contribution in [0.15, 0.2) is 29.4 Å². The van der Waals surface area contributed by atoms with E-state index in [1.807, 2.05) is 24.3 Å². The lowest BCUT2D eigenvalue weighted by molar-refractivity contribution is 0.317. The SMILES string of the molecule is C/C(CCc1ccc(OCCS(C)(=O)=O)cc1)=N\O. The second kappa shape index (κ2) is 7.13. The van der Waals surface area contributed by atoms with E-state index in [4.69, 9.17) is 9.94 Å². The van der Waals surface area contributed by atoms with Crippen molar-refractivity contribution in [2.75, 3.05) is 18.6 Å². The lowest BCUT2D eigenvalue weighted by Gasteiger charge is -2.06. The van der Waals surface area contributed by atoms with Crippen molar-refractivity contribution in [2.24, 2.45) is 5.16 Å². The zero-order valence-electron chi connectivity index (χ0n) is 11.2. The van der Waals surface area contributed by atoms with Gasteiger partial charge >= 0.3 is 0 Å². The average molecular weight is 285 g/mol. The summed E-state index contributed by atoms with van der Waals surface area (Å²) in [5.74, 6) is 0.668. The number of ether oxygens (including phenoxy) is 1. The van der Waals surface area contributed by atoms with Gasteiger partial charge in [0.25, 0.3) is 0 Å². The molecule has 0 saturated heterocycles. The Bertz CT molecular complexity index is 520. The van der Waals surface area contributed by atoms with E-state index in [2.05, 4.69) is 5.16 Å². The number of sulfone groups is 1. The van der Waals surface area contributed by atoms with Gasteiger partial charge in [0.1, 0.15) is 12.4 Å². The number of benzene rings is 1. The smallest absolute Gasteiger partial charge is 0.150 e. The van der Waals surface area contributed by atoms with Crippen LogP contribution in [0.5, 0.6) is 5.75 Å². The van der Waals surface area contributed by atoms with E-state index in [0.717, 1.165) is 12.0 Å². The molecule has 0 aromatic heterocycles.